The Morgan fingerprint density at radius 2 is 1.88 bits per heavy atom. The van der Waals surface area contributed by atoms with Gasteiger partial charge in [0.2, 0.25) is 0 Å². The maximum atomic E-state index is 12.9. The van der Waals surface area contributed by atoms with Crippen molar-refractivity contribution in [3.8, 4) is 5.75 Å². The fourth-order valence-corrected chi connectivity index (χ4v) is 3.99. The number of ether oxygens (including phenoxy) is 1. The third-order valence-corrected chi connectivity index (χ3v) is 5.39. The highest BCUT2D eigenvalue weighted by Gasteiger charge is 2.22. The van der Waals surface area contributed by atoms with Crippen LogP contribution >= 0.6 is 0 Å². The van der Waals surface area contributed by atoms with E-state index < -0.39 is 16.0 Å². The van der Waals surface area contributed by atoms with E-state index >= 15 is 0 Å². The summed E-state index contributed by atoms with van der Waals surface area (Å²) in [6, 6.07) is 12.9. The molecule has 0 spiro atoms. The Hall–Kier alpha value is -2.80. The highest BCUT2D eigenvalue weighted by atomic mass is 32.2. The number of benzene rings is 2. The van der Waals surface area contributed by atoms with Crippen LogP contribution in [-0.2, 0) is 21.2 Å². The van der Waals surface area contributed by atoms with Gasteiger partial charge in [-0.1, -0.05) is 18.2 Å². The quantitative estimate of drug-likeness (QED) is 0.768. The average molecular weight is 345 g/mol. The Bertz CT molecular complexity index is 1010. The number of carbonyl (C=O) groups is 1. The molecule has 1 N–H and O–H groups in total. The van der Waals surface area contributed by atoms with Crippen molar-refractivity contribution in [2.24, 2.45) is 0 Å². The smallest absolute Gasteiger partial charge is 0.307 e. The number of hydrogen-bond donors (Lipinski definition) is 1. The lowest BCUT2D eigenvalue weighted by Gasteiger charge is -2.07. The Morgan fingerprint density at radius 1 is 1.17 bits per heavy atom. The zero-order valence-electron chi connectivity index (χ0n) is 12.8. The minimum atomic E-state index is -3.82. The lowest BCUT2D eigenvalue weighted by Crippen LogP contribution is -2.11. The van der Waals surface area contributed by atoms with Gasteiger partial charge in [-0.15, -0.1) is 0 Å². The first kappa shape index (κ1) is 16.1. The molecule has 0 atom stereocenters. The first-order valence-electron chi connectivity index (χ1n) is 7.14. The number of nitrogens with zero attached hydrogens (tertiary/aromatic N) is 1. The summed E-state index contributed by atoms with van der Waals surface area (Å²) in [7, 11) is -2.32. The summed E-state index contributed by atoms with van der Waals surface area (Å²) in [5.74, 6) is -0.502. The van der Waals surface area contributed by atoms with Crippen LogP contribution in [0.25, 0.3) is 10.9 Å². The Balaban J connectivity index is 2.27. The number of fused-ring (bicyclic) bond motifs is 1. The maximum absolute atomic E-state index is 12.9. The van der Waals surface area contributed by atoms with E-state index in [1.807, 2.05) is 0 Å². The number of rotatable bonds is 5. The van der Waals surface area contributed by atoms with Crippen molar-refractivity contribution in [3.63, 3.8) is 0 Å². The molecule has 3 aromatic rings. The van der Waals surface area contributed by atoms with Crippen molar-refractivity contribution in [2.75, 3.05) is 7.11 Å². The number of aromatic nitrogens is 1. The van der Waals surface area contributed by atoms with E-state index in [-0.39, 0.29) is 11.3 Å². The summed E-state index contributed by atoms with van der Waals surface area (Å²) in [5.41, 5.74) is 0.826. The van der Waals surface area contributed by atoms with Crippen LogP contribution in [0.2, 0.25) is 0 Å². The van der Waals surface area contributed by atoms with Crippen LogP contribution in [0.3, 0.4) is 0 Å². The third-order valence-electron chi connectivity index (χ3n) is 3.70. The lowest BCUT2D eigenvalue weighted by molar-refractivity contribution is -0.136. The average Bonchev–Trinajstić information content (AvgIpc) is 2.93. The van der Waals surface area contributed by atoms with E-state index in [2.05, 4.69) is 0 Å². The van der Waals surface area contributed by atoms with Gasteiger partial charge in [-0.3, -0.25) is 4.79 Å². The molecular formula is C17H15NO5S. The molecule has 0 saturated heterocycles. The molecule has 0 bridgehead atoms. The molecule has 7 heteroatoms. The number of carboxylic acids is 1. The predicted molar refractivity (Wildman–Crippen MR) is 88.9 cm³/mol. The third kappa shape index (κ3) is 2.74. The molecule has 0 unspecified atom stereocenters. The number of carboxylic acid groups (broad SMARTS) is 1. The second kappa shape index (κ2) is 6.01. The maximum Gasteiger partial charge on any atom is 0.307 e. The van der Waals surface area contributed by atoms with Gasteiger partial charge in [-0.05, 0) is 35.9 Å². The van der Waals surface area contributed by atoms with Gasteiger partial charge in [0.25, 0.3) is 10.0 Å². The van der Waals surface area contributed by atoms with Crippen molar-refractivity contribution < 1.29 is 23.1 Å². The molecule has 0 aliphatic heterocycles. The van der Waals surface area contributed by atoms with Crippen LogP contribution in [0.5, 0.6) is 5.75 Å². The van der Waals surface area contributed by atoms with Crippen LogP contribution in [0.4, 0.5) is 0 Å². The molecule has 0 aliphatic carbocycles. The molecule has 0 amide bonds. The fourth-order valence-electron chi connectivity index (χ4n) is 2.58. The molecular weight excluding hydrogens is 330 g/mol. The first-order valence-corrected chi connectivity index (χ1v) is 8.58. The lowest BCUT2D eigenvalue weighted by atomic mass is 10.1. The van der Waals surface area contributed by atoms with Gasteiger partial charge in [0.15, 0.2) is 0 Å². The van der Waals surface area contributed by atoms with Crippen LogP contribution in [0.15, 0.2) is 59.6 Å². The van der Waals surface area contributed by atoms with Crippen molar-refractivity contribution in [1.82, 2.24) is 3.97 Å². The minimum Gasteiger partial charge on any atom is -0.497 e. The summed E-state index contributed by atoms with van der Waals surface area (Å²) in [5, 5.41) is 9.63. The topological polar surface area (TPSA) is 85.6 Å². The second-order valence-electron chi connectivity index (χ2n) is 5.22. The Kier molecular flexibility index (Phi) is 4.02. The molecule has 0 radical (unpaired) electrons. The largest absolute Gasteiger partial charge is 0.497 e. The second-order valence-corrected chi connectivity index (χ2v) is 7.04. The van der Waals surface area contributed by atoms with Crippen LogP contribution in [0.1, 0.15) is 5.56 Å². The normalized spacial score (nSPS) is 11.5. The van der Waals surface area contributed by atoms with Gasteiger partial charge in [-0.25, -0.2) is 12.4 Å². The van der Waals surface area contributed by atoms with E-state index in [0.29, 0.717) is 22.2 Å². The van der Waals surface area contributed by atoms with Crippen LogP contribution in [0, 0.1) is 0 Å². The SMILES string of the molecule is COc1ccc2c(c1)c(CC(=O)O)cn2S(=O)(=O)c1ccccc1. The zero-order chi connectivity index (χ0) is 17.3. The Labute approximate surface area is 139 Å². The van der Waals surface area contributed by atoms with Crippen molar-refractivity contribution >= 4 is 26.9 Å². The predicted octanol–water partition coefficient (Wildman–Crippen LogP) is 2.51. The number of aliphatic carboxylic acids is 1. The molecule has 1 aromatic heterocycles. The summed E-state index contributed by atoms with van der Waals surface area (Å²) in [4.78, 5) is 11.2. The summed E-state index contributed by atoms with van der Waals surface area (Å²) in [6.07, 6.45) is 1.08. The van der Waals surface area contributed by atoms with Gasteiger partial charge >= 0.3 is 5.97 Å². The van der Waals surface area contributed by atoms with E-state index in [1.165, 1.54) is 25.4 Å². The van der Waals surface area contributed by atoms with E-state index in [0.717, 1.165) is 3.97 Å². The van der Waals surface area contributed by atoms with Gasteiger partial charge in [0.05, 0.1) is 23.9 Å². The van der Waals surface area contributed by atoms with Crippen LogP contribution in [-0.4, -0.2) is 30.6 Å². The summed E-state index contributed by atoms with van der Waals surface area (Å²) >= 11 is 0. The Morgan fingerprint density at radius 3 is 2.50 bits per heavy atom. The number of methoxy groups -OCH3 is 1. The molecule has 6 nitrogen and oxygen atoms in total. The molecule has 124 valence electrons. The number of hydrogen-bond acceptors (Lipinski definition) is 4. The zero-order valence-corrected chi connectivity index (χ0v) is 13.7. The highest BCUT2D eigenvalue weighted by molar-refractivity contribution is 7.90. The first-order chi connectivity index (χ1) is 11.4. The van der Waals surface area contributed by atoms with Gasteiger partial charge in [-0.2, -0.15) is 0 Å². The standard InChI is InChI=1S/C17H15NO5S/c1-23-13-7-8-16-15(10-13)12(9-17(19)20)11-18(16)24(21,22)14-5-3-2-4-6-14/h2-8,10-11H,9H2,1H3,(H,19,20). The molecule has 0 aliphatic rings. The molecule has 24 heavy (non-hydrogen) atoms. The summed E-state index contributed by atoms with van der Waals surface area (Å²) in [6.45, 7) is 0. The molecule has 1 heterocycles. The van der Waals surface area contributed by atoms with Gasteiger partial charge in [0.1, 0.15) is 5.75 Å². The van der Waals surface area contributed by atoms with Crippen molar-refractivity contribution in [1.29, 1.82) is 0 Å². The minimum absolute atomic E-state index is 0.139. The molecule has 3 rings (SSSR count). The van der Waals surface area contributed by atoms with E-state index in [4.69, 9.17) is 9.84 Å². The van der Waals surface area contributed by atoms with Gasteiger partial charge < -0.3 is 9.84 Å². The molecule has 2 aromatic carbocycles. The highest BCUT2D eigenvalue weighted by Crippen LogP contribution is 2.29. The van der Waals surface area contributed by atoms with Gasteiger partial charge in [0, 0.05) is 11.6 Å². The molecule has 0 fully saturated rings. The fraction of sp³-hybridized carbons (Fsp3) is 0.118. The van der Waals surface area contributed by atoms with Crippen LogP contribution < -0.4 is 4.74 Å². The van der Waals surface area contributed by atoms with E-state index in [9.17, 15) is 13.2 Å². The van der Waals surface area contributed by atoms with E-state index in [1.54, 1.807) is 36.4 Å². The van der Waals surface area contributed by atoms with Crippen molar-refractivity contribution in [2.45, 2.75) is 11.3 Å². The molecule has 0 saturated carbocycles. The monoisotopic (exact) mass is 345 g/mol. The van der Waals surface area contributed by atoms with Crippen molar-refractivity contribution in [3.05, 3.63) is 60.3 Å². The summed E-state index contributed by atoms with van der Waals surface area (Å²) < 4.78 is 32.0.